The number of rotatable bonds is 6. The average molecular weight is 291 g/mol. The van der Waals surface area contributed by atoms with E-state index >= 15 is 0 Å². The lowest BCUT2D eigenvalue weighted by Crippen LogP contribution is -2.29. The van der Waals surface area contributed by atoms with Crippen LogP contribution in [0.3, 0.4) is 0 Å². The number of aromatic carboxylic acids is 1. The maximum absolute atomic E-state index is 11.1. The highest BCUT2D eigenvalue weighted by molar-refractivity contribution is 5.88. The largest absolute Gasteiger partial charge is 0.478 e. The van der Waals surface area contributed by atoms with E-state index in [0.717, 1.165) is 31.7 Å². The molecule has 2 N–H and O–H groups in total. The number of hydrogen-bond donors (Lipinski definition) is 2. The van der Waals surface area contributed by atoms with Gasteiger partial charge in [-0.15, -0.1) is 0 Å². The van der Waals surface area contributed by atoms with E-state index in [1.165, 1.54) is 6.42 Å². The smallest absolute Gasteiger partial charge is 0.335 e. The van der Waals surface area contributed by atoms with Gasteiger partial charge in [-0.05, 0) is 51.3 Å². The van der Waals surface area contributed by atoms with Crippen molar-refractivity contribution in [1.82, 2.24) is 9.88 Å². The van der Waals surface area contributed by atoms with E-state index in [1.807, 2.05) is 6.92 Å². The molecule has 21 heavy (non-hydrogen) atoms. The number of anilines is 1. The first kappa shape index (κ1) is 15.8. The Morgan fingerprint density at radius 2 is 2.29 bits per heavy atom. The second-order valence-corrected chi connectivity index (χ2v) is 6.02. The zero-order valence-corrected chi connectivity index (χ0v) is 13.1. The normalized spacial score (nSPS) is 19.1. The molecule has 1 aliphatic heterocycles. The molecular weight excluding hydrogens is 266 g/mol. The maximum Gasteiger partial charge on any atom is 0.335 e. The number of carboxylic acids is 1. The molecule has 0 bridgehead atoms. The first-order chi connectivity index (χ1) is 9.99. The third kappa shape index (κ3) is 4.17. The molecule has 0 radical (unpaired) electrons. The summed E-state index contributed by atoms with van der Waals surface area (Å²) in [6, 6.07) is 3.86. The highest BCUT2D eigenvalue weighted by Crippen LogP contribution is 2.19. The molecular formula is C16H25N3O2. The van der Waals surface area contributed by atoms with Gasteiger partial charge in [-0.3, -0.25) is 0 Å². The average Bonchev–Trinajstić information content (AvgIpc) is 2.93. The first-order valence-corrected chi connectivity index (χ1v) is 7.71. The second-order valence-electron chi connectivity index (χ2n) is 6.02. The van der Waals surface area contributed by atoms with Gasteiger partial charge in [-0.2, -0.15) is 0 Å². The van der Waals surface area contributed by atoms with Crippen LogP contribution in [0.4, 0.5) is 5.82 Å². The minimum absolute atomic E-state index is 0.305. The Morgan fingerprint density at radius 1 is 1.52 bits per heavy atom. The van der Waals surface area contributed by atoms with Gasteiger partial charge in [0.25, 0.3) is 0 Å². The van der Waals surface area contributed by atoms with Crippen molar-refractivity contribution < 1.29 is 9.90 Å². The summed E-state index contributed by atoms with van der Waals surface area (Å²) in [5.74, 6) is 0.379. The molecule has 1 fully saturated rings. The van der Waals surface area contributed by atoms with Gasteiger partial charge in [0.05, 0.1) is 5.56 Å². The van der Waals surface area contributed by atoms with Crippen molar-refractivity contribution in [2.75, 3.05) is 25.0 Å². The summed E-state index contributed by atoms with van der Waals surface area (Å²) in [5, 5.41) is 12.5. The van der Waals surface area contributed by atoms with Crippen LogP contribution in [0.1, 0.15) is 43.2 Å². The Hall–Kier alpha value is -1.62. The number of nitrogens with zero attached hydrogens (tertiary/aromatic N) is 2. The van der Waals surface area contributed by atoms with Crippen LogP contribution in [0.15, 0.2) is 12.1 Å². The van der Waals surface area contributed by atoms with Gasteiger partial charge in [-0.25, -0.2) is 9.78 Å². The number of pyridine rings is 1. The Balaban J connectivity index is 1.97. The summed E-state index contributed by atoms with van der Waals surface area (Å²) in [6.07, 6.45) is 1.92. The van der Waals surface area contributed by atoms with Gasteiger partial charge in [-0.1, -0.05) is 6.92 Å². The van der Waals surface area contributed by atoms with Crippen LogP contribution < -0.4 is 5.32 Å². The number of carboxylic acid groups (broad SMARTS) is 1. The molecule has 1 unspecified atom stereocenters. The number of likely N-dealkylation sites (tertiary alicyclic amines) is 1. The lowest BCUT2D eigenvalue weighted by Gasteiger charge is -2.20. The summed E-state index contributed by atoms with van der Waals surface area (Å²) in [4.78, 5) is 18.1. The predicted molar refractivity (Wildman–Crippen MR) is 83.9 cm³/mol. The quantitative estimate of drug-likeness (QED) is 0.843. The molecule has 116 valence electrons. The molecule has 1 atom stereocenters. The Morgan fingerprint density at radius 3 is 2.86 bits per heavy atom. The number of nitrogens with one attached hydrogen (secondary N) is 1. The summed E-state index contributed by atoms with van der Waals surface area (Å²) >= 11 is 0. The molecule has 0 aromatic carbocycles. The van der Waals surface area contributed by atoms with Gasteiger partial charge in [0.1, 0.15) is 5.82 Å². The molecule has 1 aliphatic rings. The van der Waals surface area contributed by atoms with E-state index in [9.17, 15) is 4.79 Å². The van der Waals surface area contributed by atoms with Crippen LogP contribution in [0.25, 0.3) is 0 Å². The molecule has 2 rings (SSSR count). The molecule has 0 aliphatic carbocycles. The zero-order chi connectivity index (χ0) is 15.4. The predicted octanol–water partition coefficient (Wildman–Crippen LogP) is 2.48. The maximum atomic E-state index is 11.1. The van der Waals surface area contributed by atoms with Crippen molar-refractivity contribution in [3.8, 4) is 0 Å². The van der Waals surface area contributed by atoms with Gasteiger partial charge >= 0.3 is 5.97 Å². The highest BCUT2D eigenvalue weighted by atomic mass is 16.4. The molecule has 1 aromatic heterocycles. The van der Waals surface area contributed by atoms with Crippen molar-refractivity contribution in [3.63, 3.8) is 0 Å². The van der Waals surface area contributed by atoms with Crippen molar-refractivity contribution in [2.45, 2.75) is 39.7 Å². The summed E-state index contributed by atoms with van der Waals surface area (Å²) in [5.41, 5.74) is 1.12. The van der Waals surface area contributed by atoms with Crippen LogP contribution in [0, 0.1) is 5.92 Å². The van der Waals surface area contributed by atoms with Crippen molar-refractivity contribution in [2.24, 2.45) is 5.92 Å². The van der Waals surface area contributed by atoms with E-state index in [-0.39, 0.29) is 0 Å². The summed E-state index contributed by atoms with van der Waals surface area (Å²) in [7, 11) is 0. The van der Waals surface area contributed by atoms with Gasteiger partial charge in [0, 0.05) is 24.8 Å². The fourth-order valence-corrected chi connectivity index (χ4v) is 2.73. The standard InChI is InChI=1S/C16H25N3O2/c1-4-14-7-13(16(20)21)8-15(18-14)17-9-12-5-6-19(10-12)11(2)3/h7-8,11-12H,4-6,9-10H2,1-3H3,(H,17,18)(H,20,21). The molecule has 5 nitrogen and oxygen atoms in total. The van der Waals surface area contributed by atoms with E-state index in [4.69, 9.17) is 5.11 Å². The minimum atomic E-state index is -0.901. The SMILES string of the molecule is CCc1cc(C(=O)O)cc(NCC2CCN(C(C)C)C2)n1. The molecule has 0 spiro atoms. The van der Waals surface area contributed by atoms with Crippen LogP contribution in [-0.2, 0) is 6.42 Å². The summed E-state index contributed by atoms with van der Waals surface area (Å²) in [6.45, 7) is 9.52. The van der Waals surface area contributed by atoms with Crippen LogP contribution in [0.2, 0.25) is 0 Å². The Bertz CT molecular complexity index is 502. The van der Waals surface area contributed by atoms with Crippen molar-refractivity contribution in [3.05, 3.63) is 23.4 Å². The highest BCUT2D eigenvalue weighted by Gasteiger charge is 2.24. The second kappa shape index (κ2) is 6.89. The van der Waals surface area contributed by atoms with Gasteiger partial charge < -0.3 is 15.3 Å². The van der Waals surface area contributed by atoms with E-state index in [1.54, 1.807) is 12.1 Å². The molecule has 0 saturated carbocycles. The minimum Gasteiger partial charge on any atom is -0.478 e. The first-order valence-electron chi connectivity index (χ1n) is 7.71. The molecule has 5 heteroatoms. The Kier molecular flexibility index (Phi) is 5.17. The lowest BCUT2D eigenvalue weighted by molar-refractivity contribution is 0.0696. The monoisotopic (exact) mass is 291 g/mol. The third-order valence-electron chi connectivity index (χ3n) is 4.11. The fraction of sp³-hybridized carbons (Fsp3) is 0.625. The molecule has 1 aromatic rings. The number of aromatic nitrogens is 1. The lowest BCUT2D eigenvalue weighted by atomic mass is 10.1. The van der Waals surface area contributed by atoms with Crippen LogP contribution in [0.5, 0.6) is 0 Å². The molecule has 1 saturated heterocycles. The molecule has 2 heterocycles. The van der Waals surface area contributed by atoms with Crippen molar-refractivity contribution in [1.29, 1.82) is 0 Å². The fourth-order valence-electron chi connectivity index (χ4n) is 2.73. The molecule has 0 amide bonds. The number of aryl methyl sites for hydroxylation is 1. The zero-order valence-electron chi connectivity index (χ0n) is 13.1. The van der Waals surface area contributed by atoms with Crippen molar-refractivity contribution >= 4 is 11.8 Å². The van der Waals surface area contributed by atoms with E-state index in [2.05, 4.69) is 29.0 Å². The topological polar surface area (TPSA) is 65.5 Å². The number of hydrogen-bond acceptors (Lipinski definition) is 4. The Labute approximate surface area is 126 Å². The third-order valence-corrected chi connectivity index (χ3v) is 4.11. The van der Waals surface area contributed by atoms with E-state index in [0.29, 0.717) is 23.3 Å². The van der Waals surface area contributed by atoms with Gasteiger partial charge in [0.15, 0.2) is 0 Å². The van der Waals surface area contributed by atoms with Crippen LogP contribution in [-0.4, -0.2) is 46.6 Å². The van der Waals surface area contributed by atoms with E-state index < -0.39 is 5.97 Å². The van der Waals surface area contributed by atoms with Crippen LogP contribution >= 0.6 is 0 Å². The number of carbonyl (C=O) groups is 1. The van der Waals surface area contributed by atoms with Gasteiger partial charge in [0.2, 0.25) is 0 Å². The summed E-state index contributed by atoms with van der Waals surface area (Å²) < 4.78 is 0.